The number of rotatable bonds is 1. The molecule has 0 aromatic heterocycles. The highest BCUT2D eigenvalue weighted by molar-refractivity contribution is 5.16. The van der Waals surface area contributed by atoms with Crippen LogP contribution in [-0.4, -0.2) is 52.6 Å². The van der Waals surface area contributed by atoms with E-state index < -0.39 is 37.0 Å². The summed E-state index contributed by atoms with van der Waals surface area (Å²) >= 11 is 0. The van der Waals surface area contributed by atoms with Crippen LogP contribution in [0.4, 0.5) is 0 Å². The molecule has 104 valence electrons. The van der Waals surface area contributed by atoms with Crippen molar-refractivity contribution < 1.29 is 29.5 Å². The summed E-state index contributed by atoms with van der Waals surface area (Å²) < 4.78 is 16.3. The van der Waals surface area contributed by atoms with E-state index in [1.54, 1.807) is 0 Å². The highest BCUT2D eigenvalue weighted by Gasteiger charge is 2.48. The van der Waals surface area contributed by atoms with E-state index in [1.807, 2.05) is 30.3 Å². The van der Waals surface area contributed by atoms with Gasteiger partial charge in [0.05, 0.1) is 6.61 Å². The zero-order chi connectivity index (χ0) is 13.4. The van der Waals surface area contributed by atoms with E-state index in [0.29, 0.717) is 0 Å². The van der Waals surface area contributed by atoms with Crippen molar-refractivity contribution in [2.75, 3.05) is 6.61 Å². The molecule has 2 aliphatic rings. The Kier molecular flexibility index (Phi) is 3.53. The van der Waals surface area contributed by atoms with E-state index in [-0.39, 0.29) is 6.61 Å². The molecule has 0 bridgehead atoms. The van der Waals surface area contributed by atoms with Gasteiger partial charge in [-0.15, -0.1) is 0 Å². The van der Waals surface area contributed by atoms with Gasteiger partial charge in [-0.3, -0.25) is 0 Å². The predicted octanol–water partition coefficient (Wildman–Crippen LogP) is -0.460. The molecule has 2 aliphatic heterocycles. The van der Waals surface area contributed by atoms with Gasteiger partial charge in [-0.25, -0.2) is 0 Å². The molecular weight excluding hydrogens is 252 g/mol. The van der Waals surface area contributed by atoms with E-state index in [0.717, 1.165) is 5.56 Å². The van der Waals surface area contributed by atoms with E-state index >= 15 is 0 Å². The molecule has 2 heterocycles. The second-order valence-electron chi connectivity index (χ2n) is 4.72. The summed E-state index contributed by atoms with van der Waals surface area (Å²) in [5, 5.41) is 29.0. The van der Waals surface area contributed by atoms with Crippen LogP contribution in [0.25, 0.3) is 0 Å². The first-order valence-corrected chi connectivity index (χ1v) is 6.18. The van der Waals surface area contributed by atoms with Crippen molar-refractivity contribution in [1.82, 2.24) is 0 Å². The second kappa shape index (κ2) is 5.16. The van der Waals surface area contributed by atoms with Crippen LogP contribution in [0.3, 0.4) is 0 Å². The maximum absolute atomic E-state index is 9.94. The zero-order valence-electron chi connectivity index (χ0n) is 10.1. The number of ether oxygens (including phenoxy) is 3. The molecule has 0 amide bonds. The highest BCUT2D eigenvalue weighted by Crippen LogP contribution is 2.33. The average molecular weight is 268 g/mol. The fourth-order valence-corrected chi connectivity index (χ4v) is 2.37. The van der Waals surface area contributed by atoms with Crippen molar-refractivity contribution in [3.05, 3.63) is 35.9 Å². The minimum absolute atomic E-state index is 0.186. The van der Waals surface area contributed by atoms with Crippen molar-refractivity contribution in [2.45, 2.75) is 37.0 Å². The Morgan fingerprint density at radius 1 is 0.947 bits per heavy atom. The standard InChI is InChI=1S/C13H16O6/c14-9-10(15)12(16)18-8-6-17-13(19-11(8)9)7-4-2-1-3-5-7/h1-5,8-16H,6H2/t8-,9-,10-,11+,12+,13-/m1/s1. The van der Waals surface area contributed by atoms with Gasteiger partial charge in [0.15, 0.2) is 12.6 Å². The molecule has 3 rings (SSSR count). The third kappa shape index (κ3) is 2.38. The molecule has 6 heteroatoms. The number of aliphatic hydroxyl groups is 3. The quantitative estimate of drug-likeness (QED) is 0.639. The fraction of sp³-hybridized carbons (Fsp3) is 0.538. The molecule has 6 nitrogen and oxygen atoms in total. The highest BCUT2D eigenvalue weighted by atomic mass is 16.7. The van der Waals surface area contributed by atoms with Crippen LogP contribution in [0.1, 0.15) is 11.9 Å². The zero-order valence-corrected chi connectivity index (χ0v) is 10.1. The van der Waals surface area contributed by atoms with Gasteiger partial charge in [0, 0.05) is 5.56 Å². The molecule has 0 spiro atoms. The molecule has 1 aromatic rings. The van der Waals surface area contributed by atoms with Crippen molar-refractivity contribution in [3.8, 4) is 0 Å². The molecule has 6 atom stereocenters. The third-order valence-electron chi connectivity index (χ3n) is 3.42. The lowest BCUT2D eigenvalue weighted by molar-refractivity contribution is -0.354. The Morgan fingerprint density at radius 3 is 2.42 bits per heavy atom. The predicted molar refractivity (Wildman–Crippen MR) is 62.9 cm³/mol. The van der Waals surface area contributed by atoms with E-state index in [4.69, 9.17) is 14.2 Å². The summed E-state index contributed by atoms with van der Waals surface area (Å²) in [6.45, 7) is 0.186. The Hall–Kier alpha value is -1.02. The summed E-state index contributed by atoms with van der Waals surface area (Å²) in [6, 6.07) is 9.31. The molecule has 0 saturated carbocycles. The molecule has 2 saturated heterocycles. The van der Waals surface area contributed by atoms with Crippen LogP contribution in [0.2, 0.25) is 0 Å². The van der Waals surface area contributed by atoms with Gasteiger partial charge in [-0.05, 0) is 0 Å². The van der Waals surface area contributed by atoms with Crippen LogP contribution in [0.15, 0.2) is 30.3 Å². The number of fused-ring (bicyclic) bond motifs is 1. The largest absolute Gasteiger partial charge is 0.387 e. The van der Waals surface area contributed by atoms with Gasteiger partial charge >= 0.3 is 0 Å². The number of hydrogen-bond acceptors (Lipinski definition) is 6. The number of aliphatic hydroxyl groups excluding tert-OH is 3. The lowest BCUT2D eigenvalue weighted by Gasteiger charge is -2.45. The minimum atomic E-state index is -1.42. The monoisotopic (exact) mass is 268 g/mol. The van der Waals surface area contributed by atoms with Crippen LogP contribution < -0.4 is 0 Å². The smallest absolute Gasteiger partial charge is 0.184 e. The van der Waals surface area contributed by atoms with Gasteiger partial charge in [-0.2, -0.15) is 0 Å². The summed E-state index contributed by atoms with van der Waals surface area (Å²) in [5.74, 6) is 0. The third-order valence-corrected chi connectivity index (χ3v) is 3.42. The van der Waals surface area contributed by atoms with Gasteiger partial charge in [0.2, 0.25) is 0 Å². The van der Waals surface area contributed by atoms with E-state index in [2.05, 4.69) is 0 Å². The summed E-state index contributed by atoms with van der Waals surface area (Å²) in [7, 11) is 0. The first-order valence-electron chi connectivity index (χ1n) is 6.18. The molecular formula is C13H16O6. The summed E-state index contributed by atoms with van der Waals surface area (Å²) in [4.78, 5) is 0. The second-order valence-corrected chi connectivity index (χ2v) is 4.72. The SMILES string of the molecule is O[C@@H]1[C@@H](O)[C@@H](O)O[C@@H]2CO[C@@H](c3ccccc3)O[C@H]12. The normalized spacial score (nSPS) is 42.7. The van der Waals surface area contributed by atoms with Gasteiger partial charge in [-0.1, -0.05) is 30.3 Å². The maximum Gasteiger partial charge on any atom is 0.184 e. The van der Waals surface area contributed by atoms with Gasteiger partial charge in [0.1, 0.15) is 24.4 Å². The first kappa shape index (κ1) is 13.0. The Morgan fingerprint density at radius 2 is 1.68 bits per heavy atom. The Labute approximate surface area is 110 Å². The summed E-state index contributed by atoms with van der Waals surface area (Å²) in [6.07, 6.45) is -5.93. The molecule has 2 fully saturated rings. The molecule has 1 aromatic carbocycles. The number of hydrogen-bond donors (Lipinski definition) is 3. The molecule has 0 radical (unpaired) electrons. The Balaban J connectivity index is 1.75. The van der Waals surface area contributed by atoms with Crippen molar-refractivity contribution in [2.24, 2.45) is 0 Å². The first-order chi connectivity index (χ1) is 9.16. The fourth-order valence-electron chi connectivity index (χ4n) is 2.37. The van der Waals surface area contributed by atoms with Gasteiger partial charge < -0.3 is 29.5 Å². The van der Waals surface area contributed by atoms with Crippen LogP contribution in [0.5, 0.6) is 0 Å². The molecule has 0 unspecified atom stereocenters. The van der Waals surface area contributed by atoms with Crippen LogP contribution >= 0.6 is 0 Å². The Bertz CT molecular complexity index is 422. The van der Waals surface area contributed by atoms with E-state index in [1.165, 1.54) is 0 Å². The number of benzene rings is 1. The van der Waals surface area contributed by atoms with Crippen LogP contribution in [-0.2, 0) is 14.2 Å². The van der Waals surface area contributed by atoms with Crippen LogP contribution in [0, 0.1) is 0 Å². The lowest BCUT2D eigenvalue weighted by Crippen LogP contribution is -2.61. The molecule has 3 N–H and O–H groups in total. The van der Waals surface area contributed by atoms with Crippen molar-refractivity contribution >= 4 is 0 Å². The van der Waals surface area contributed by atoms with E-state index in [9.17, 15) is 15.3 Å². The van der Waals surface area contributed by atoms with Crippen molar-refractivity contribution in [3.63, 3.8) is 0 Å². The summed E-state index contributed by atoms with van der Waals surface area (Å²) in [5.41, 5.74) is 0.828. The lowest BCUT2D eigenvalue weighted by atomic mass is 9.98. The topological polar surface area (TPSA) is 88.4 Å². The molecule has 0 aliphatic carbocycles. The molecule has 19 heavy (non-hydrogen) atoms. The van der Waals surface area contributed by atoms with Gasteiger partial charge in [0.25, 0.3) is 0 Å². The average Bonchev–Trinajstić information content (AvgIpc) is 2.46. The van der Waals surface area contributed by atoms with Crippen molar-refractivity contribution in [1.29, 1.82) is 0 Å². The minimum Gasteiger partial charge on any atom is -0.387 e. The maximum atomic E-state index is 9.94.